The molecule has 1 aromatic rings. The van der Waals surface area contributed by atoms with Crippen LogP contribution in [0.5, 0.6) is 5.75 Å². The highest BCUT2D eigenvalue weighted by molar-refractivity contribution is 7.43. The average molecular weight is 272 g/mol. The SMILES string of the molecule is Cc1cccc(OCC(=O)COP(=O)([O-])[O-])c1C. The number of phosphoric acid groups is 1. The molecule has 100 valence electrons. The van der Waals surface area contributed by atoms with E-state index < -0.39 is 20.2 Å². The number of hydrogen-bond acceptors (Lipinski definition) is 6. The van der Waals surface area contributed by atoms with E-state index in [1.165, 1.54) is 0 Å². The zero-order valence-electron chi connectivity index (χ0n) is 10.0. The Hall–Kier alpha value is -1.20. The van der Waals surface area contributed by atoms with Gasteiger partial charge in [-0.15, -0.1) is 0 Å². The van der Waals surface area contributed by atoms with Crippen molar-refractivity contribution in [1.82, 2.24) is 0 Å². The van der Waals surface area contributed by atoms with E-state index >= 15 is 0 Å². The third-order valence-corrected chi connectivity index (χ3v) is 2.77. The van der Waals surface area contributed by atoms with Gasteiger partial charge in [-0.1, -0.05) is 12.1 Å². The average Bonchev–Trinajstić information content (AvgIpc) is 2.27. The van der Waals surface area contributed by atoms with E-state index in [9.17, 15) is 19.1 Å². The van der Waals surface area contributed by atoms with Crippen molar-refractivity contribution < 1.29 is 28.4 Å². The van der Waals surface area contributed by atoms with Crippen molar-refractivity contribution in [3.8, 4) is 5.75 Å². The van der Waals surface area contributed by atoms with Gasteiger partial charge in [-0.25, -0.2) is 0 Å². The summed E-state index contributed by atoms with van der Waals surface area (Å²) in [6.07, 6.45) is 0. The van der Waals surface area contributed by atoms with Crippen LogP contribution >= 0.6 is 7.82 Å². The van der Waals surface area contributed by atoms with E-state index in [4.69, 9.17) is 4.74 Å². The van der Waals surface area contributed by atoms with Gasteiger partial charge in [0.15, 0.2) is 5.78 Å². The minimum absolute atomic E-state index is 0.343. The molecule has 0 heterocycles. The summed E-state index contributed by atoms with van der Waals surface area (Å²) in [7, 11) is -5.11. The minimum atomic E-state index is -5.11. The van der Waals surface area contributed by atoms with Crippen LogP contribution in [0.2, 0.25) is 0 Å². The number of carbonyl (C=O) groups excluding carboxylic acids is 1. The highest BCUT2D eigenvalue weighted by Crippen LogP contribution is 2.24. The Kier molecular flexibility index (Phi) is 5.04. The number of Topliss-reactive ketones (excluding diaryl/α,β-unsaturated/α-hetero) is 1. The first-order valence-electron chi connectivity index (χ1n) is 5.17. The van der Waals surface area contributed by atoms with E-state index in [0.717, 1.165) is 11.1 Å². The fraction of sp³-hybridized carbons (Fsp3) is 0.364. The van der Waals surface area contributed by atoms with Crippen LogP contribution in [0.4, 0.5) is 0 Å². The van der Waals surface area contributed by atoms with Crippen molar-refractivity contribution in [2.75, 3.05) is 13.2 Å². The molecule has 1 rings (SSSR count). The van der Waals surface area contributed by atoms with Crippen LogP contribution in [0, 0.1) is 13.8 Å². The van der Waals surface area contributed by atoms with Crippen LogP contribution in [-0.2, 0) is 13.9 Å². The summed E-state index contributed by atoms with van der Waals surface area (Å²) in [4.78, 5) is 31.5. The van der Waals surface area contributed by atoms with Crippen molar-refractivity contribution >= 4 is 13.6 Å². The van der Waals surface area contributed by atoms with Crippen LogP contribution in [0.25, 0.3) is 0 Å². The molecule has 0 aliphatic carbocycles. The second kappa shape index (κ2) is 6.11. The van der Waals surface area contributed by atoms with Crippen LogP contribution in [0.3, 0.4) is 0 Å². The number of rotatable bonds is 6. The number of hydrogen-bond donors (Lipinski definition) is 0. The quantitative estimate of drug-likeness (QED) is 0.681. The summed E-state index contributed by atoms with van der Waals surface area (Å²) in [5.41, 5.74) is 1.91. The molecule has 0 N–H and O–H groups in total. The van der Waals surface area contributed by atoms with Crippen LogP contribution in [0.1, 0.15) is 11.1 Å². The van der Waals surface area contributed by atoms with Crippen molar-refractivity contribution in [2.24, 2.45) is 0 Å². The number of aryl methyl sites for hydroxylation is 1. The van der Waals surface area contributed by atoms with E-state index in [2.05, 4.69) is 4.52 Å². The van der Waals surface area contributed by atoms with Crippen molar-refractivity contribution in [3.63, 3.8) is 0 Å². The van der Waals surface area contributed by atoms with E-state index in [0.29, 0.717) is 5.75 Å². The Morgan fingerprint density at radius 3 is 2.56 bits per heavy atom. The lowest BCUT2D eigenvalue weighted by atomic mass is 10.1. The topological polar surface area (TPSA) is 98.7 Å². The molecular weight excluding hydrogens is 259 g/mol. The van der Waals surface area contributed by atoms with E-state index in [1.807, 2.05) is 19.9 Å². The van der Waals surface area contributed by atoms with Gasteiger partial charge in [0, 0.05) is 0 Å². The van der Waals surface area contributed by atoms with Crippen LogP contribution < -0.4 is 14.5 Å². The van der Waals surface area contributed by atoms with Crippen LogP contribution in [-0.4, -0.2) is 19.0 Å². The number of benzene rings is 1. The van der Waals surface area contributed by atoms with E-state index in [1.54, 1.807) is 12.1 Å². The van der Waals surface area contributed by atoms with Gasteiger partial charge in [-0.05, 0) is 31.0 Å². The van der Waals surface area contributed by atoms with E-state index in [-0.39, 0.29) is 6.61 Å². The predicted octanol–water partition coefficient (Wildman–Crippen LogP) is 0.0966. The molecule has 0 saturated carbocycles. The third-order valence-electron chi connectivity index (χ3n) is 2.33. The molecular formula is C11H13O6P-2. The molecule has 0 unspecified atom stereocenters. The molecule has 0 aliphatic rings. The second-order valence-electron chi connectivity index (χ2n) is 3.75. The predicted molar refractivity (Wildman–Crippen MR) is 60.0 cm³/mol. The van der Waals surface area contributed by atoms with Gasteiger partial charge < -0.3 is 23.6 Å². The Morgan fingerprint density at radius 1 is 1.28 bits per heavy atom. The fourth-order valence-electron chi connectivity index (χ4n) is 1.23. The van der Waals surface area contributed by atoms with Crippen molar-refractivity contribution in [3.05, 3.63) is 29.3 Å². The van der Waals surface area contributed by atoms with Crippen molar-refractivity contribution in [2.45, 2.75) is 13.8 Å². The molecule has 0 fully saturated rings. The maximum Gasteiger partial charge on any atom is 0.196 e. The molecule has 0 radical (unpaired) electrons. The lowest BCUT2D eigenvalue weighted by Gasteiger charge is -2.27. The van der Waals surface area contributed by atoms with Gasteiger partial charge in [0.05, 0.1) is 7.82 Å². The van der Waals surface area contributed by atoms with Gasteiger partial charge in [-0.3, -0.25) is 4.79 Å². The summed E-state index contributed by atoms with van der Waals surface area (Å²) in [6, 6.07) is 5.38. The Bertz CT molecular complexity index is 478. The normalized spacial score (nSPS) is 11.3. The largest absolute Gasteiger partial charge is 0.790 e. The molecule has 0 amide bonds. The lowest BCUT2D eigenvalue weighted by molar-refractivity contribution is -0.341. The summed E-state index contributed by atoms with van der Waals surface area (Å²) >= 11 is 0. The summed E-state index contributed by atoms with van der Waals surface area (Å²) in [5, 5.41) is 0. The van der Waals surface area contributed by atoms with Gasteiger partial charge >= 0.3 is 0 Å². The molecule has 6 nitrogen and oxygen atoms in total. The molecule has 0 aromatic heterocycles. The standard InChI is InChI=1S/C11H15O6P/c1-8-4-3-5-11(9(8)2)16-6-10(12)7-17-18(13,14)15/h3-5H,6-7H2,1-2H3,(H2,13,14,15)/p-2. The Balaban J connectivity index is 2.48. The van der Waals surface area contributed by atoms with Crippen molar-refractivity contribution in [1.29, 1.82) is 0 Å². The first-order chi connectivity index (χ1) is 8.29. The number of ketones is 1. The monoisotopic (exact) mass is 272 g/mol. The maximum atomic E-state index is 11.2. The van der Waals surface area contributed by atoms with Gasteiger partial charge in [-0.2, -0.15) is 0 Å². The van der Waals surface area contributed by atoms with Gasteiger partial charge in [0.2, 0.25) is 0 Å². The van der Waals surface area contributed by atoms with Crippen LogP contribution in [0.15, 0.2) is 18.2 Å². The van der Waals surface area contributed by atoms with Gasteiger partial charge in [0.1, 0.15) is 19.0 Å². The summed E-state index contributed by atoms with van der Waals surface area (Å²) in [5.74, 6) is -0.0846. The first-order valence-corrected chi connectivity index (χ1v) is 6.63. The molecule has 0 spiro atoms. The third kappa shape index (κ3) is 4.98. The summed E-state index contributed by atoms with van der Waals surface area (Å²) < 4.78 is 19.2. The maximum absolute atomic E-state index is 11.2. The highest BCUT2D eigenvalue weighted by Gasteiger charge is 2.07. The molecule has 18 heavy (non-hydrogen) atoms. The zero-order chi connectivity index (χ0) is 13.8. The molecule has 0 saturated heterocycles. The second-order valence-corrected chi connectivity index (χ2v) is 4.90. The lowest BCUT2D eigenvalue weighted by Crippen LogP contribution is -2.23. The first kappa shape index (κ1) is 14.9. The molecule has 0 bridgehead atoms. The van der Waals surface area contributed by atoms with Gasteiger partial charge in [0.25, 0.3) is 0 Å². The minimum Gasteiger partial charge on any atom is -0.790 e. The Labute approximate surface area is 105 Å². The number of phosphoric ester groups is 1. The molecule has 0 atom stereocenters. The highest BCUT2D eigenvalue weighted by atomic mass is 31.2. The zero-order valence-corrected chi connectivity index (χ0v) is 10.9. The molecule has 0 aliphatic heterocycles. The number of ether oxygens (including phenoxy) is 1. The molecule has 1 aromatic carbocycles. The smallest absolute Gasteiger partial charge is 0.196 e. The summed E-state index contributed by atoms with van der Waals surface area (Å²) in [6.45, 7) is 2.60. The Morgan fingerprint density at radius 2 is 1.94 bits per heavy atom. The number of carbonyl (C=O) groups is 1. The molecule has 7 heteroatoms. The fourth-order valence-corrected chi connectivity index (χ4v) is 1.53.